The van der Waals surface area contributed by atoms with Crippen LogP contribution >= 0.6 is 0 Å². The van der Waals surface area contributed by atoms with Crippen LogP contribution in [0, 0.1) is 0 Å². The van der Waals surface area contributed by atoms with E-state index in [1.165, 1.54) is 221 Å². The van der Waals surface area contributed by atoms with Crippen LogP contribution in [0.5, 0.6) is 0 Å². The Morgan fingerprint density at radius 1 is 0.118 bits per heavy atom. The molecule has 0 saturated carbocycles. The van der Waals surface area contributed by atoms with Crippen molar-refractivity contribution < 1.29 is 0 Å². The Kier molecular flexibility index (Phi) is 24.2. The van der Waals surface area contributed by atoms with Crippen molar-refractivity contribution in [2.45, 2.75) is 79.1 Å². The second kappa shape index (κ2) is 38.1. The highest BCUT2D eigenvalue weighted by atomic mass is 15.0. The summed E-state index contributed by atoms with van der Waals surface area (Å²) < 4.78 is 9.46. The smallest absolute Gasteiger partial charge is 0.0547 e. The van der Waals surface area contributed by atoms with Crippen molar-refractivity contribution in [3.8, 4) is 112 Å². The topological polar surface area (TPSA) is 19.7 Å². The second-order valence-corrected chi connectivity index (χ2v) is 37.1. The molecule has 0 aliphatic rings. The monoisotopic (exact) mass is 1750 g/mol. The van der Waals surface area contributed by atoms with E-state index in [0.717, 1.165) is 0 Å². The van der Waals surface area contributed by atoms with Gasteiger partial charge in [-0.3, -0.25) is 0 Å². The molecule has 656 valence electrons. The van der Waals surface area contributed by atoms with Crippen molar-refractivity contribution in [1.29, 1.82) is 0 Å². The number of hydrogen-bond donors (Lipinski definition) is 0. The average molecular weight is 1750 g/mol. The van der Waals surface area contributed by atoms with E-state index in [2.05, 4.69) is 559 Å². The predicted octanol–water partition coefficient (Wildman–Crippen LogP) is 37.0. The Bertz CT molecular complexity index is 8350. The summed E-state index contributed by atoms with van der Waals surface area (Å²) in [5, 5.41) is 10.3. The van der Waals surface area contributed by atoms with Gasteiger partial charge in [-0.2, -0.15) is 0 Å². The van der Waals surface area contributed by atoms with Gasteiger partial charge >= 0.3 is 0 Å². The summed E-state index contributed by atoms with van der Waals surface area (Å²) in [4.78, 5) is 0. The van der Waals surface area contributed by atoms with E-state index < -0.39 is 0 Å². The predicted molar refractivity (Wildman–Crippen MR) is 583 cm³/mol. The molecular weight excluding hydrogens is 1640 g/mol. The molecule has 0 atom stereocenters. The average Bonchev–Trinajstić information content (AvgIpc) is 1.61. The molecule has 24 rings (SSSR count). The molecular formula is C132H108N4. The zero-order valence-corrected chi connectivity index (χ0v) is 78.3. The van der Waals surface area contributed by atoms with Crippen molar-refractivity contribution in [3.05, 3.63) is 508 Å². The molecule has 0 spiro atoms. The first kappa shape index (κ1) is 86.3. The number of rotatable bonds is 16. The molecule has 0 radical (unpaired) electrons. The zero-order valence-electron chi connectivity index (χ0n) is 78.3. The third-order valence-electron chi connectivity index (χ3n) is 27.2. The molecule has 0 unspecified atom stereocenters. The van der Waals surface area contributed by atoms with Gasteiger partial charge in [0.05, 0.1) is 44.1 Å². The third kappa shape index (κ3) is 17.3. The largest absolute Gasteiger partial charge is 0.309 e. The first-order valence-electron chi connectivity index (χ1n) is 47.9. The van der Waals surface area contributed by atoms with Crippen molar-refractivity contribution in [3.63, 3.8) is 0 Å². The summed E-state index contributed by atoms with van der Waals surface area (Å²) >= 11 is 0. The Labute approximate surface area is 798 Å². The van der Waals surface area contributed by atoms with E-state index in [0.29, 0.717) is 23.7 Å². The second-order valence-electron chi connectivity index (χ2n) is 37.1. The van der Waals surface area contributed by atoms with Gasteiger partial charge in [-0.25, -0.2) is 0 Å². The fourth-order valence-corrected chi connectivity index (χ4v) is 19.7. The molecule has 0 aliphatic carbocycles. The van der Waals surface area contributed by atoms with E-state index in [4.69, 9.17) is 0 Å². The molecule has 0 fully saturated rings. The van der Waals surface area contributed by atoms with Crippen LogP contribution in [-0.2, 0) is 0 Å². The lowest BCUT2D eigenvalue weighted by Crippen LogP contribution is -1.93. The molecule has 4 heterocycles. The molecule has 24 aromatic rings. The third-order valence-corrected chi connectivity index (χ3v) is 27.2. The minimum Gasteiger partial charge on any atom is -0.309 e. The van der Waals surface area contributed by atoms with Gasteiger partial charge in [0.2, 0.25) is 0 Å². The number of benzene rings is 20. The molecule has 0 aliphatic heterocycles. The highest BCUT2D eigenvalue weighted by Gasteiger charge is 2.20. The van der Waals surface area contributed by atoms with E-state index in [1.54, 1.807) is 0 Å². The molecule has 4 nitrogen and oxygen atoms in total. The number of para-hydroxylation sites is 8. The maximum atomic E-state index is 2.37. The van der Waals surface area contributed by atoms with Crippen LogP contribution in [0.1, 0.15) is 101 Å². The van der Waals surface area contributed by atoms with Gasteiger partial charge in [0.25, 0.3) is 0 Å². The molecule has 136 heavy (non-hydrogen) atoms. The fraction of sp³-hybridized carbons (Fsp3) is 0.0909. The van der Waals surface area contributed by atoms with E-state index in [9.17, 15) is 0 Å². The minimum absolute atomic E-state index is 0.531. The highest BCUT2D eigenvalue weighted by molar-refractivity contribution is 6.14. The van der Waals surface area contributed by atoms with Gasteiger partial charge in [-0.15, -0.1) is 0 Å². The summed E-state index contributed by atoms with van der Waals surface area (Å²) in [7, 11) is 0. The molecule has 20 aromatic carbocycles. The summed E-state index contributed by atoms with van der Waals surface area (Å²) in [6, 6.07) is 176. The number of fused-ring (bicyclic) bond motifs is 12. The summed E-state index contributed by atoms with van der Waals surface area (Å²) in [5.41, 5.74) is 40.1. The lowest BCUT2D eigenvalue weighted by molar-refractivity contribution is 0.867. The lowest BCUT2D eigenvalue weighted by atomic mass is 9.96. The van der Waals surface area contributed by atoms with Crippen LogP contribution in [0.2, 0.25) is 0 Å². The molecule has 0 N–H and O–H groups in total. The number of aromatic nitrogens is 4. The quantitative estimate of drug-likeness (QED) is 0.0919. The number of nitrogens with zero attached hydrogens (tertiary/aromatic N) is 4. The molecule has 0 saturated heterocycles. The van der Waals surface area contributed by atoms with Crippen molar-refractivity contribution >= 4 is 87.2 Å². The maximum absolute atomic E-state index is 2.37. The van der Waals surface area contributed by atoms with Crippen LogP contribution in [0.3, 0.4) is 0 Å². The van der Waals surface area contributed by atoms with E-state index in [-0.39, 0.29) is 0 Å². The molecule has 4 heteroatoms. The standard InChI is InChI=1S/4C33H27N/c1-23(2)26-9-8-10-27(21-26)24-15-17-25(18-16-24)28-19-20-33-31(22-28)30-13-6-7-14-32(30)34(33)29-11-4-3-5-12-29;1-23(2)24-15-17-25(18-16-24)26-9-8-10-27(21-26)28-19-20-33-31(22-28)30-13-6-7-14-32(30)34(33)29-11-4-3-5-12-29;1-23(2)24-12-14-25(15-13-24)26-16-18-27(19-17-26)28-20-21-33-31(22-28)30-10-6-7-11-32(30)34(33)29-8-4-3-5-9-29;1-23(2)24-12-14-25(15-13-24)26-16-18-27(19-17-26)28-20-21-31-30-10-6-7-11-32(30)34(33(31)22-28)29-8-4-3-5-9-29/h4*3-23H,1-2H3. The van der Waals surface area contributed by atoms with E-state index in [1.807, 2.05) is 0 Å². The first-order chi connectivity index (χ1) is 66.7. The lowest BCUT2D eigenvalue weighted by Gasteiger charge is -2.10. The van der Waals surface area contributed by atoms with Crippen molar-refractivity contribution in [1.82, 2.24) is 18.3 Å². The summed E-state index contributed by atoms with van der Waals surface area (Å²) in [6.45, 7) is 17.9. The molecule has 4 aromatic heterocycles. The fourth-order valence-electron chi connectivity index (χ4n) is 19.7. The normalized spacial score (nSPS) is 11.5. The van der Waals surface area contributed by atoms with Crippen LogP contribution in [0.25, 0.3) is 199 Å². The Morgan fingerprint density at radius 3 is 0.625 bits per heavy atom. The minimum atomic E-state index is 0.531. The van der Waals surface area contributed by atoms with E-state index >= 15 is 0 Å². The van der Waals surface area contributed by atoms with Gasteiger partial charge in [0.15, 0.2) is 0 Å². The van der Waals surface area contributed by atoms with Crippen LogP contribution < -0.4 is 0 Å². The first-order valence-corrected chi connectivity index (χ1v) is 47.9. The van der Waals surface area contributed by atoms with Crippen molar-refractivity contribution in [2.75, 3.05) is 0 Å². The molecule has 0 bridgehead atoms. The van der Waals surface area contributed by atoms with Gasteiger partial charge in [-0.05, 0) is 256 Å². The highest BCUT2D eigenvalue weighted by Crippen LogP contribution is 2.43. The maximum Gasteiger partial charge on any atom is 0.0547 e. The van der Waals surface area contributed by atoms with Crippen LogP contribution in [0.4, 0.5) is 0 Å². The zero-order chi connectivity index (χ0) is 92.3. The Hall–Kier alpha value is -16.4. The Balaban J connectivity index is 0.000000108. The van der Waals surface area contributed by atoms with Gasteiger partial charge in [-0.1, -0.05) is 419 Å². The Morgan fingerprint density at radius 2 is 0.316 bits per heavy atom. The summed E-state index contributed by atoms with van der Waals surface area (Å²) in [5.74, 6) is 2.19. The SMILES string of the molecule is CC(C)c1ccc(-c2ccc(-c3ccc4c(c3)c3ccccc3n4-c3ccccc3)cc2)cc1.CC(C)c1ccc(-c2ccc(-c3ccc4c5ccccc5n(-c5ccccc5)c4c3)cc2)cc1.CC(C)c1ccc(-c2cccc(-c3ccc4c(c3)c3ccccc3n4-c3ccccc3)c2)cc1.CC(C)c1cccc(-c2ccc(-c3ccc4c(c3)c3ccccc3n4-c3ccccc3)cc2)c1. The van der Waals surface area contributed by atoms with Crippen molar-refractivity contribution in [2.24, 2.45) is 0 Å². The van der Waals surface area contributed by atoms with Crippen LogP contribution in [-0.4, -0.2) is 18.3 Å². The van der Waals surface area contributed by atoms with Gasteiger partial charge in [0.1, 0.15) is 0 Å². The van der Waals surface area contributed by atoms with Crippen LogP contribution in [0.15, 0.2) is 485 Å². The molecule has 0 amide bonds. The number of hydrogen-bond acceptors (Lipinski definition) is 0. The van der Waals surface area contributed by atoms with Gasteiger partial charge in [0, 0.05) is 65.8 Å². The van der Waals surface area contributed by atoms with Gasteiger partial charge < -0.3 is 18.3 Å². The summed E-state index contributed by atoms with van der Waals surface area (Å²) in [6.07, 6.45) is 0.